The number of aliphatic hydroxyl groups is 1. The Morgan fingerprint density at radius 2 is 2.24 bits per heavy atom. The molecule has 0 bridgehead atoms. The van der Waals surface area contributed by atoms with Crippen molar-refractivity contribution in [3.05, 3.63) is 58.4 Å². The largest absolute Gasteiger partial charge is 0.387 e. The van der Waals surface area contributed by atoms with Crippen LogP contribution in [0.5, 0.6) is 0 Å². The lowest BCUT2D eigenvalue weighted by atomic mass is 10.0. The quantitative estimate of drug-likeness (QED) is 0.731. The SMILES string of the molecule is Cc1cccn2c(=O)cc(CN3CCC(O)(Cn4ccnn4)C3)nc12. The Kier molecular flexibility index (Phi) is 3.85. The van der Waals surface area contributed by atoms with Crippen LogP contribution in [0.25, 0.3) is 5.65 Å². The Hall–Kier alpha value is -2.58. The summed E-state index contributed by atoms with van der Waals surface area (Å²) in [4.78, 5) is 19.1. The van der Waals surface area contributed by atoms with E-state index in [4.69, 9.17) is 0 Å². The number of aryl methyl sites for hydroxylation is 1. The average molecular weight is 340 g/mol. The normalized spacial score (nSPS) is 21.2. The fourth-order valence-corrected chi connectivity index (χ4v) is 3.44. The van der Waals surface area contributed by atoms with Gasteiger partial charge in [-0.25, -0.2) is 9.67 Å². The van der Waals surface area contributed by atoms with Crippen molar-refractivity contribution in [2.75, 3.05) is 13.1 Å². The van der Waals surface area contributed by atoms with Gasteiger partial charge in [0.05, 0.1) is 24.0 Å². The van der Waals surface area contributed by atoms with E-state index >= 15 is 0 Å². The van der Waals surface area contributed by atoms with Gasteiger partial charge in [-0.15, -0.1) is 5.10 Å². The molecule has 3 aromatic rings. The van der Waals surface area contributed by atoms with Gasteiger partial charge in [0.25, 0.3) is 5.56 Å². The predicted molar refractivity (Wildman–Crippen MR) is 91.1 cm³/mol. The zero-order valence-corrected chi connectivity index (χ0v) is 14.0. The van der Waals surface area contributed by atoms with Crippen LogP contribution in [-0.2, 0) is 13.1 Å². The smallest absolute Gasteiger partial charge is 0.258 e. The Morgan fingerprint density at radius 1 is 1.36 bits per heavy atom. The van der Waals surface area contributed by atoms with Gasteiger partial charge in [0.2, 0.25) is 0 Å². The molecule has 1 N–H and O–H groups in total. The first kappa shape index (κ1) is 15.9. The molecular weight excluding hydrogens is 320 g/mol. The molecule has 8 heteroatoms. The van der Waals surface area contributed by atoms with Crippen LogP contribution in [0, 0.1) is 6.92 Å². The summed E-state index contributed by atoms with van der Waals surface area (Å²) in [6.07, 6.45) is 5.73. The molecule has 0 radical (unpaired) electrons. The standard InChI is InChI=1S/C17H20N6O2/c1-13-3-2-6-23-15(24)9-14(19-16(13)23)10-21-7-4-17(25,11-21)12-22-8-5-18-20-22/h2-3,5-6,8-9,25H,4,7,10-12H2,1H3. The van der Waals surface area contributed by atoms with E-state index in [1.807, 2.05) is 19.1 Å². The maximum Gasteiger partial charge on any atom is 0.258 e. The zero-order valence-electron chi connectivity index (χ0n) is 14.0. The summed E-state index contributed by atoms with van der Waals surface area (Å²) in [6, 6.07) is 5.36. The monoisotopic (exact) mass is 340 g/mol. The first-order valence-electron chi connectivity index (χ1n) is 8.29. The molecule has 1 aliphatic rings. The van der Waals surface area contributed by atoms with Crippen LogP contribution in [0.4, 0.5) is 0 Å². The lowest BCUT2D eigenvalue weighted by molar-refractivity contribution is 0.0273. The molecule has 0 saturated carbocycles. The summed E-state index contributed by atoms with van der Waals surface area (Å²) in [5.74, 6) is 0. The highest BCUT2D eigenvalue weighted by molar-refractivity contribution is 5.46. The van der Waals surface area contributed by atoms with Crippen molar-refractivity contribution in [3.8, 4) is 0 Å². The average Bonchev–Trinajstić information content (AvgIpc) is 3.19. The number of likely N-dealkylation sites (tertiary alicyclic amines) is 1. The van der Waals surface area contributed by atoms with Gasteiger partial charge in [-0.1, -0.05) is 11.3 Å². The molecule has 4 heterocycles. The van der Waals surface area contributed by atoms with E-state index in [0.717, 1.165) is 17.8 Å². The van der Waals surface area contributed by atoms with Crippen LogP contribution in [-0.4, -0.2) is 53.1 Å². The van der Waals surface area contributed by atoms with Gasteiger partial charge >= 0.3 is 0 Å². The molecule has 1 fully saturated rings. The molecule has 8 nitrogen and oxygen atoms in total. The van der Waals surface area contributed by atoms with Gasteiger partial charge in [0.15, 0.2) is 0 Å². The van der Waals surface area contributed by atoms with Crippen LogP contribution in [0.1, 0.15) is 17.7 Å². The molecular formula is C17H20N6O2. The summed E-state index contributed by atoms with van der Waals surface area (Å²) in [6.45, 7) is 4.16. The van der Waals surface area contributed by atoms with Crippen molar-refractivity contribution in [2.45, 2.75) is 32.0 Å². The summed E-state index contributed by atoms with van der Waals surface area (Å²) < 4.78 is 3.21. The highest BCUT2D eigenvalue weighted by Gasteiger charge is 2.36. The number of fused-ring (bicyclic) bond motifs is 1. The van der Waals surface area contributed by atoms with Crippen LogP contribution >= 0.6 is 0 Å². The summed E-state index contributed by atoms with van der Waals surface area (Å²) in [5, 5.41) is 18.5. The highest BCUT2D eigenvalue weighted by atomic mass is 16.3. The Labute approximate surface area is 144 Å². The molecule has 0 aromatic carbocycles. The number of rotatable bonds is 4. The van der Waals surface area contributed by atoms with Gasteiger partial charge < -0.3 is 5.11 Å². The third-order valence-corrected chi connectivity index (χ3v) is 4.66. The fourth-order valence-electron chi connectivity index (χ4n) is 3.44. The Balaban J connectivity index is 1.52. The van der Waals surface area contributed by atoms with E-state index in [1.54, 1.807) is 33.7 Å². The minimum absolute atomic E-state index is 0.0826. The van der Waals surface area contributed by atoms with E-state index in [1.165, 1.54) is 0 Å². The summed E-state index contributed by atoms with van der Waals surface area (Å²) in [5.41, 5.74) is 1.45. The molecule has 3 aromatic heterocycles. The molecule has 4 rings (SSSR count). The summed E-state index contributed by atoms with van der Waals surface area (Å²) >= 11 is 0. The van der Waals surface area contributed by atoms with Crippen molar-refractivity contribution in [1.82, 2.24) is 29.3 Å². The fraction of sp³-hybridized carbons (Fsp3) is 0.412. The second-order valence-electron chi connectivity index (χ2n) is 6.76. The predicted octanol–water partition coefficient (Wildman–Crippen LogP) is 0.231. The Bertz CT molecular complexity index is 951. The number of hydrogen-bond donors (Lipinski definition) is 1. The molecule has 0 spiro atoms. The first-order valence-corrected chi connectivity index (χ1v) is 8.29. The van der Waals surface area contributed by atoms with Crippen molar-refractivity contribution >= 4 is 5.65 Å². The minimum atomic E-state index is -0.838. The van der Waals surface area contributed by atoms with E-state index in [9.17, 15) is 9.90 Å². The molecule has 130 valence electrons. The van der Waals surface area contributed by atoms with Gasteiger partial charge in [-0.05, 0) is 25.0 Å². The van der Waals surface area contributed by atoms with Gasteiger partial charge in [0, 0.05) is 38.1 Å². The number of nitrogens with zero attached hydrogens (tertiary/aromatic N) is 6. The van der Waals surface area contributed by atoms with Crippen LogP contribution in [0.15, 0.2) is 41.6 Å². The number of β-amino-alcohol motifs (C(OH)–C–C–N with tert-alkyl or cyclic N) is 1. The second kappa shape index (κ2) is 6.05. The van der Waals surface area contributed by atoms with Crippen molar-refractivity contribution in [2.24, 2.45) is 0 Å². The van der Waals surface area contributed by atoms with Crippen LogP contribution in [0.3, 0.4) is 0 Å². The highest BCUT2D eigenvalue weighted by Crippen LogP contribution is 2.24. The molecule has 1 atom stereocenters. The second-order valence-corrected chi connectivity index (χ2v) is 6.76. The summed E-state index contributed by atoms with van der Waals surface area (Å²) in [7, 11) is 0. The van der Waals surface area contributed by atoms with E-state index in [-0.39, 0.29) is 5.56 Å². The third-order valence-electron chi connectivity index (χ3n) is 4.66. The lowest BCUT2D eigenvalue weighted by Crippen LogP contribution is -2.37. The molecule has 0 amide bonds. The maximum atomic E-state index is 12.3. The lowest BCUT2D eigenvalue weighted by Gasteiger charge is -2.23. The molecule has 1 aliphatic heterocycles. The number of hydrogen-bond acceptors (Lipinski definition) is 6. The van der Waals surface area contributed by atoms with E-state index in [2.05, 4.69) is 20.2 Å². The Morgan fingerprint density at radius 3 is 3.04 bits per heavy atom. The molecule has 0 aliphatic carbocycles. The van der Waals surface area contributed by atoms with Gasteiger partial charge in [-0.3, -0.25) is 14.1 Å². The first-order chi connectivity index (χ1) is 12.0. The van der Waals surface area contributed by atoms with Crippen molar-refractivity contribution < 1.29 is 5.11 Å². The molecule has 1 unspecified atom stereocenters. The number of pyridine rings is 1. The molecule has 25 heavy (non-hydrogen) atoms. The third kappa shape index (κ3) is 3.18. The van der Waals surface area contributed by atoms with Crippen molar-refractivity contribution in [1.29, 1.82) is 0 Å². The minimum Gasteiger partial charge on any atom is -0.387 e. The zero-order chi connectivity index (χ0) is 17.4. The van der Waals surface area contributed by atoms with Crippen LogP contribution < -0.4 is 5.56 Å². The topological polar surface area (TPSA) is 88.5 Å². The van der Waals surface area contributed by atoms with Gasteiger partial charge in [-0.2, -0.15) is 0 Å². The van der Waals surface area contributed by atoms with E-state index < -0.39 is 5.60 Å². The number of aromatic nitrogens is 5. The van der Waals surface area contributed by atoms with E-state index in [0.29, 0.717) is 31.7 Å². The van der Waals surface area contributed by atoms with Crippen LogP contribution in [0.2, 0.25) is 0 Å². The molecule has 1 saturated heterocycles. The van der Waals surface area contributed by atoms with Gasteiger partial charge in [0.1, 0.15) is 5.65 Å². The van der Waals surface area contributed by atoms with Crippen molar-refractivity contribution in [3.63, 3.8) is 0 Å². The maximum absolute atomic E-state index is 12.3.